The van der Waals surface area contributed by atoms with Crippen LogP contribution in [0.4, 0.5) is 16.0 Å². The van der Waals surface area contributed by atoms with E-state index >= 15 is 0 Å². The first-order valence-electron chi connectivity index (χ1n) is 9.01. The standard InChI is InChI=1S/C20H20FN5OS/c1-14-2-4-15(5-3-14)12-22-18(27)13-28-20-24-23-19-25(10-11-26(19)20)17-8-6-16(21)7-9-17/h2-9H,10-13H2,1H3,(H,22,27). The molecule has 1 N–H and O–H groups in total. The molecule has 0 atom stereocenters. The number of carbonyl (C=O) groups excluding carboxylic acids is 1. The van der Waals surface area contributed by atoms with Gasteiger partial charge in [-0.15, -0.1) is 10.2 Å². The van der Waals surface area contributed by atoms with E-state index in [0.717, 1.165) is 24.3 Å². The SMILES string of the molecule is Cc1ccc(CNC(=O)CSc2nnc3n2CCN3c2ccc(F)cc2)cc1. The van der Waals surface area contributed by atoms with Gasteiger partial charge >= 0.3 is 0 Å². The number of aryl methyl sites for hydroxylation is 1. The van der Waals surface area contributed by atoms with Crippen LogP contribution < -0.4 is 10.2 Å². The molecule has 8 heteroatoms. The number of carbonyl (C=O) groups is 1. The van der Waals surface area contributed by atoms with Gasteiger partial charge in [-0.3, -0.25) is 9.36 Å². The summed E-state index contributed by atoms with van der Waals surface area (Å²) in [6, 6.07) is 14.4. The minimum Gasteiger partial charge on any atom is -0.351 e. The summed E-state index contributed by atoms with van der Waals surface area (Å²) in [4.78, 5) is 14.2. The zero-order valence-corrected chi connectivity index (χ0v) is 16.2. The molecule has 3 aromatic rings. The Bertz CT molecular complexity index is 971. The molecule has 1 amide bonds. The van der Waals surface area contributed by atoms with Gasteiger partial charge in [0.2, 0.25) is 11.9 Å². The number of hydrogen-bond donors (Lipinski definition) is 1. The highest BCUT2D eigenvalue weighted by atomic mass is 32.2. The van der Waals surface area contributed by atoms with Crippen LogP contribution in [0.5, 0.6) is 0 Å². The lowest BCUT2D eigenvalue weighted by Crippen LogP contribution is -2.24. The topological polar surface area (TPSA) is 63.1 Å². The first-order valence-corrected chi connectivity index (χ1v) is 10.00. The van der Waals surface area contributed by atoms with E-state index in [1.54, 1.807) is 12.1 Å². The molecule has 0 bridgehead atoms. The molecule has 0 unspecified atom stereocenters. The summed E-state index contributed by atoms with van der Waals surface area (Å²) < 4.78 is 15.1. The molecule has 0 radical (unpaired) electrons. The van der Waals surface area contributed by atoms with Gasteiger partial charge in [0.15, 0.2) is 5.16 Å². The van der Waals surface area contributed by atoms with Crippen molar-refractivity contribution in [3.05, 3.63) is 65.5 Å². The number of nitrogens with zero attached hydrogens (tertiary/aromatic N) is 4. The van der Waals surface area contributed by atoms with Crippen molar-refractivity contribution in [2.75, 3.05) is 17.2 Å². The molecule has 0 saturated carbocycles. The Morgan fingerprint density at radius 3 is 2.61 bits per heavy atom. The fourth-order valence-corrected chi connectivity index (χ4v) is 3.83. The number of hydrogen-bond acceptors (Lipinski definition) is 5. The van der Waals surface area contributed by atoms with Gasteiger partial charge in [-0.05, 0) is 36.8 Å². The number of benzene rings is 2. The number of halogens is 1. The number of aromatic nitrogens is 3. The van der Waals surface area contributed by atoms with E-state index in [4.69, 9.17) is 0 Å². The third-order valence-corrected chi connectivity index (χ3v) is 5.53. The van der Waals surface area contributed by atoms with Crippen LogP contribution in [0.15, 0.2) is 53.7 Å². The molecular formula is C20H20FN5OS. The molecule has 0 fully saturated rings. The maximum Gasteiger partial charge on any atom is 0.232 e. The first-order chi connectivity index (χ1) is 13.6. The molecule has 0 aliphatic carbocycles. The number of fused-ring (bicyclic) bond motifs is 1. The highest BCUT2D eigenvalue weighted by Gasteiger charge is 2.26. The Morgan fingerprint density at radius 1 is 1.11 bits per heavy atom. The maximum absolute atomic E-state index is 13.1. The summed E-state index contributed by atoms with van der Waals surface area (Å²) in [5.41, 5.74) is 3.14. The Kier molecular flexibility index (Phi) is 5.29. The van der Waals surface area contributed by atoms with Crippen LogP contribution in [0.3, 0.4) is 0 Å². The molecule has 2 heterocycles. The Balaban J connectivity index is 1.34. The third kappa shape index (κ3) is 4.01. The van der Waals surface area contributed by atoms with Gasteiger partial charge in [0.05, 0.1) is 5.75 Å². The number of amides is 1. The average molecular weight is 397 g/mol. The molecule has 2 aromatic carbocycles. The maximum atomic E-state index is 13.1. The van der Waals surface area contributed by atoms with Crippen LogP contribution in [0.2, 0.25) is 0 Å². The molecule has 6 nitrogen and oxygen atoms in total. The lowest BCUT2D eigenvalue weighted by Gasteiger charge is -2.14. The highest BCUT2D eigenvalue weighted by molar-refractivity contribution is 7.99. The van der Waals surface area contributed by atoms with Gasteiger partial charge < -0.3 is 10.2 Å². The van der Waals surface area contributed by atoms with E-state index in [9.17, 15) is 9.18 Å². The fraction of sp³-hybridized carbons (Fsp3) is 0.250. The normalized spacial score (nSPS) is 12.9. The van der Waals surface area contributed by atoms with Crippen LogP contribution in [-0.2, 0) is 17.9 Å². The van der Waals surface area contributed by atoms with Crippen molar-refractivity contribution in [2.45, 2.75) is 25.2 Å². The van der Waals surface area contributed by atoms with Crippen molar-refractivity contribution in [1.82, 2.24) is 20.1 Å². The molecular weight excluding hydrogens is 377 g/mol. The number of nitrogens with one attached hydrogen (secondary N) is 1. The summed E-state index contributed by atoms with van der Waals surface area (Å²) in [7, 11) is 0. The molecule has 1 aromatic heterocycles. The predicted octanol–water partition coefficient (Wildman–Crippen LogP) is 3.29. The lowest BCUT2D eigenvalue weighted by atomic mass is 10.1. The van der Waals surface area contributed by atoms with Crippen molar-refractivity contribution >= 4 is 29.3 Å². The molecule has 1 aliphatic rings. The second kappa shape index (κ2) is 8.02. The Hall–Kier alpha value is -2.87. The molecule has 4 rings (SSSR count). The largest absolute Gasteiger partial charge is 0.351 e. The zero-order chi connectivity index (χ0) is 19.5. The van der Waals surface area contributed by atoms with Crippen molar-refractivity contribution in [3.8, 4) is 0 Å². The average Bonchev–Trinajstić information content (AvgIpc) is 3.29. The molecule has 144 valence electrons. The number of thioether (sulfide) groups is 1. The summed E-state index contributed by atoms with van der Waals surface area (Å²) in [5.74, 6) is 0.684. The van der Waals surface area contributed by atoms with E-state index in [0.29, 0.717) is 17.6 Å². The van der Waals surface area contributed by atoms with Gasteiger partial charge in [-0.25, -0.2) is 4.39 Å². The minimum absolute atomic E-state index is 0.0451. The monoisotopic (exact) mass is 397 g/mol. The molecule has 0 saturated heterocycles. The van der Waals surface area contributed by atoms with E-state index in [-0.39, 0.29) is 17.5 Å². The lowest BCUT2D eigenvalue weighted by molar-refractivity contribution is -0.118. The highest BCUT2D eigenvalue weighted by Crippen LogP contribution is 2.31. The van der Waals surface area contributed by atoms with Crippen LogP contribution in [0, 0.1) is 12.7 Å². The van der Waals surface area contributed by atoms with Gasteiger partial charge in [0.1, 0.15) is 5.82 Å². The van der Waals surface area contributed by atoms with Crippen LogP contribution in [0.25, 0.3) is 0 Å². The number of anilines is 2. The van der Waals surface area contributed by atoms with Gasteiger partial charge in [0.25, 0.3) is 0 Å². The summed E-state index contributed by atoms with van der Waals surface area (Å²) in [5, 5.41) is 12.1. The number of rotatable bonds is 6. The predicted molar refractivity (Wildman–Crippen MR) is 107 cm³/mol. The van der Waals surface area contributed by atoms with Gasteiger partial charge in [0, 0.05) is 25.3 Å². The van der Waals surface area contributed by atoms with Crippen LogP contribution in [-0.4, -0.2) is 33.0 Å². The van der Waals surface area contributed by atoms with E-state index in [1.807, 2.05) is 40.7 Å². The van der Waals surface area contributed by atoms with E-state index in [2.05, 4.69) is 15.5 Å². The summed E-state index contributed by atoms with van der Waals surface area (Å²) in [6.45, 7) is 4.01. The third-order valence-electron chi connectivity index (χ3n) is 4.57. The van der Waals surface area contributed by atoms with E-state index < -0.39 is 0 Å². The summed E-state index contributed by atoms with van der Waals surface area (Å²) >= 11 is 1.37. The quantitative estimate of drug-likeness (QED) is 0.647. The summed E-state index contributed by atoms with van der Waals surface area (Å²) in [6.07, 6.45) is 0. The van der Waals surface area contributed by atoms with Crippen molar-refractivity contribution in [2.24, 2.45) is 0 Å². The molecule has 0 spiro atoms. The van der Waals surface area contributed by atoms with Crippen molar-refractivity contribution in [1.29, 1.82) is 0 Å². The minimum atomic E-state index is -0.266. The smallest absolute Gasteiger partial charge is 0.232 e. The van der Waals surface area contributed by atoms with Crippen LogP contribution >= 0.6 is 11.8 Å². The molecule has 28 heavy (non-hydrogen) atoms. The van der Waals surface area contributed by atoms with Gasteiger partial charge in [-0.1, -0.05) is 41.6 Å². The molecule has 1 aliphatic heterocycles. The Morgan fingerprint density at radius 2 is 1.86 bits per heavy atom. The Labute approximate surface area is 166 Å². The fourth-order valence-electron chi connectivity index (χ4n) is 3.04. The van der Waals surface area contributed by atoms with Crippen molar-refractivity contribution in [3.63, 3.8) is 0 Å². The second-order valence-corrected chi connectivity index (χ2v) is 7.56. The van der Waals surface area contributed by atoms with Crippen LogP contribution in [0.1, 0.15) is 11.1 Å². The second-order valence-electron chi connectivity index (χ2n) is 6.61. The zero-order valence-electron chi connectivity index (χ0n) is 15.4. The van der Waals surface area contributed by atoms with E-state index in [1.165, 1.54) is 29.5 Å². The first kappa shape index (κ1) is 18.5. The van der Waals surface area contributed by atoms with Gasteiger partial charge in [-0.2, -0.15) is 0 Å². The van der Waals surface area contributed by atoms with Crippen molar-refractivity contribution < 1.29 is 9.18 Å².